The largest absolute Gasteiger partial charge is 0.307 e. The number of aryl methyl sites for hydroxylation is 2. The van der Waals surface area contributed by atoms with Crippen LogP contribution in [-0.2, 0) is 0 Å². The Labute approximate surface area is 325 Å². The summed E-state index contributed by atoms with van der Waals surface area (Å²) in [5.74, 6) is -0.683. The molecule has 266 valence electrons. The number of carbonyl (C=O) groups is 2. The second-order valence-electron chi connectivity index (χ2n) is 14.5. The zero-order valence-corrected chi connectivity index (χ0v) is 31.0. The topological polar surface area (TPSA) is 42.3 Å². The number of carbonyl (C=O) groups excluding carboxylic acids is 2. The second-order valence-corrected chi connectivity index (χ2v) is 14.5. The molecule has 0 spiro atoms. The minimum atomic E-state index is -0.345. The molecule has 0 radical (unpaired) electrons. The average Bonchev–Trinajstić information content (AvgIpc) is 3.72. The maximum atomic E-state index is 15.2. The standard InChI is InChI=1S/C52H36N2O2/c1-33-16-9-11-22-38(33)40-24-13-26-42-43-27-14-25-41(39-23-12-10-17-34(39)2)50(43)53(49(40)42)47-29-15-28-44-48(47)52(56)54(51(44)55)46-31-30-37(35-18-5-3-6-19-35)32-45(46)36-20-7-4-8-21-36/h3-32H,1-2H3. The van der Waals surface area contributed by atoms with Crippen LogP contribution in [0.15, 0.2) is 182 Å². The SMILES string of the molecule is Cc1ccccc1-c1cccc2c3cccc(-c4ccccc4C)c3n(-c3cccc4c3C(=O)N(c3ccc(-c5ccccc5)cc3-c3ccccc3)C4=O)c12. The van der Waals surface area contributed by atoms with Gasteiger partial charge in [-0.05, 0) is 77.1 Å². The highest BCUT2D eigenvalue weighted by Gasteiger charge is 2.40. The number of benzene rings is 8. The van der Waals surface area contributed by atoms with E-state index in [1.54, 1.807) is 6.07 Å². The van der Waals surface area contributed by atoms with Gasteiger partial charge in [0.2, 0.25) is 0 Å². The Morgan fingerprint density at radius 1 is 0.357 bits per heavy atom. The lowest BCUT2D eigenvalue weighted by Gasteiger charge is -2.20. The molecule has 56 heavy (non-hydrogen) atoms. The Morgan fingerprint density at radius 3 is 1.45 bits per heavy atom. The molecule has 0 saturated carbocycles. The van der Waals surface area contributed by atoms with Crippen molar-refractivity contribution in [3.63, 3.8) is 0 Å². The number of amides is 2. The highest BCUT2D eigenvalue weighted by Crippen LogP contribution is 2.46. The first-order chi connectivity index (χ1) is 27.5. The van der Waals surface area contributed by atoms with Gasteiger partial charge >= 0.3 is 0 Å². The van der Waals surface area contributed by atoms with Crippen LogP contribution >= 0.6 is 0 Å². The second kappa shape index (κ2) is 13.2. The molecule has 0 N–H and O–H groups in total. The van der Waals surface area contributed by atoms with E-state index in [0.717, 1.165) is 77.4 Å². The molecule has 0 aliphatic carbocycles. The number of aromatic nitrogens is 1. The Bertz CT molecular complexity index is 2930. The third-order valence-corrected chi connectivity index (χ3v) is 11.2. The maximum Gasteiger partial charge on any atom is 0.268 e. The molecule has 0 saturated heterocycles. The van der Waals surface area contributed by atoms with Gasteiger partial charge < -0.3 is 4.57 Å². The van der Waals surface area contributed by atoms with Crippen molar-refractivity contribution in [3.05, 3.63) is 204 Å². The molecule has 0 unspecified atom stereocenters. The number of fused-ring (bicyclic) bond motifs is 4. The van der Waals surface area contributed by atoms with Gasteiger partial charge in [0.25, 0.3) is 11.8 Å². The van der Waals surface area contributed by atoms with Gasteiger partial charge in [-0.2, -0.15) is 0 Å². The fourth-order valence-electron chi connectivity index (χ4n) is 8.60. The minimum Gasteiger partial charge on any atom is -0.307 e. The summed E-state index contributed by atoms with van der Waals surface area (Å²) >= 11 is 0. The van der Waals surface area contributed by atoms with E-state index < -0.39 is 0 Å². The predicted molar refractivity (Wildman–Crippen MR) is 230 cm³/mol. The van der Waals surface area contributed by atoms with Crippen molar-refractivity contribution >= 4 is 39.3 Å². The van der Waals surface area contributed by atoms with Crippen LogP contribution in [0.4, 0.5) is 5.69 Å². The number of hydrogen-bond acceptors (Lipinski definition) is 2. The van der Waals surface area contributed by atoms with E-state index >= 15 is 4.79 Å². The molecule has 1 aliphatic rings. The van der Waals surface area contributed by atoms with Crippen LogP contribution in [0, 0.1) is 13.8 Å². The van der Waals surface area contributed by atoms with E-state index in [1.165, 1.54) is 4.90 Å². The molecule has 4 heteroatoms. The molecule has 10 rings (SSSR count). The first-order valence-electron chi connectivity index (χ1n) is 18.9. The van der Waals surface area contributed by atoms with E-state index in [1.807, 2.05) is 72.8 Å². The van der Waals surface area contributed by atoms with Crippen LogP contribution in [0.3, 0.4) is 0 Å². The Balaban J connectivity index is 1.25. The van der Waals surface area contributed by atoms with Crippen molar-refractivity contribution in [2.75, 3.05) is 4.90 Å². The smallest absolute Gasteiger partial charge is 0.268 e. The van der Waals surface area contributed by atoms with E-state index in [2.05, 4.69) is 122 Å². The Kier molecular flexibility index (Phi) is 7.86. The molecule has 1 aliphatic heterocycles. The summed E-state index contributed by atoms with van der Waals surface area (Å²) in [5, 5.41) is 2.15. The lowest BCUT2D eigenvalue weighted by atomic mass is 9.97. The van der Waals surface area contributed by atoms with Gasteiger partial charge in [-0.1, -0.05) is 158 Å². The van der Waals surface area contributed by atoms with Crippen molar-refractivity contribution in [3.8, 4) is 50.2 Å². The van der Waals surface area contributed by atoms with Gasteiger partial charge in [-0.25, -0.2) is 4.90 Å². The number of imide groups is 1. The minimum absolute atomic E-state index is 0.337. The predicted octanol–water partition coefficient (Wildman–Crippen LogP) is 12.9. The lowest BCUT2D eigenvalue weighted by molar-refractivity contribution is 0.0926. The van der Waals surface area contributed by atoms with E-state index in [4.69, 9.17) is 0 Å². The quantitative estimate of drug-likeness (QED) is 0.161. The fourth-order valence-corrected chi connectivity index (χ4v) is 8.60. The third-order valence-electron chi connectivity index (χ3n) is 11.2. The highest BCUT2D eigenvalue weighted by atomic mass is 16.2. The van der Waals surface area contributed by atoms with Crippen LogP contribution in [0.1, 0.15) is 31.8 Å². The zero-order chi connectivity index (χ0) is 37.9. The Hall–Kier alpha value is -7.30. The van der Waals surface area contributed by atoms with Gasteiger partial charge in [0.1, 0.15) is 0 Å². The zero-order valence-electron chi connectivity index (χ0n) is 31.0. The van der Waals surface area contributed by atoms with Gasteiger partial charge in [0.05, 0.1) is 33.5 Å². The molecule has 0 bridgehead atoms. The normalized spacial score (nSPS) is 12.5. The van der Waals surface area contributed by atoms with Crippen LogP contribution in [0.5, 0.6) is 0 Å². The molecule has 4 nitrogen and oxygen atoms in total. The number of para-hydroxylation sites is 2. The lowest BCUT2D eigenvalue weighted by Crippen LogP contribution is -2.30. The van der Waals surface area contributed by atoms with Gasteiger partial charge in [-0.15, -0.1) is 0 Å². The summed E-state index contributed by atoms with van der Waals surface area (Å²) in [6.45, 7) is 4.27. The first-order valence-corrected chi connectivity index (χ1v) is 18.9. The van der Waals surface area contributed by atoms with Crippen molar-refractivity contribution in [2.24, 2.45) is 0 Å². The summed E-state index contributed by atoms with van der Waals surface area (Å²) in [4.78, 5) is 31.4. The first kappa shape index (κ1) is 33.3. The van der Waals surface area contributed by atoms with Crippen molar-refractivity contribution in [1.82, 2.24) is 4.57 Å². The van der Waals surface area contributed by atoms with Crippen molar-refractivity contribution in [1.29, 1.82) is 0 Å². The molecular formula is C52H36N2O2. The summed E-state index contributed by atoms with van der Waals surface area (Å²) < 4.78 is 2.25. The molecule has 2 heterocycles. The van der Waals surface area contributed by atoms with Gasteiger partial charge in [0, 0.05) is 27.5 Å². The number of rotatable bonds is 6. The monoisotopic (exact) mass is 720 g/mol. The van der Waals surface area contributed by atoms with Crippen LogP contribution in [-0.4, -0.2) is 16.4 Å². The molecule has 0 fully saturated rings. The highest BCUT2D eigenvalue weighted by molar-refractivity contribution is 6.36. The third kappa shape index (κ3) is 5.14. The van der Waals surface area contributed by atoms with Gasteiger partial charge in [-0.3, -0.25) is 9.59 Å². The molecule has 8 aromatic carbocycles. The average molecular weight is 721 g/mol. The van der Waals surface area contributed by atoms with Crippen molar-refractivity contribution < 1.29 is 9.59 Å². The Morgan fingerprint density at radius 2 is 0.857 bits per heavy atom. The van der Waals surface area contributed by atoms with Crippen LogP contribution in [0.2, 0.25) is 0 Å². The van der Waals surface area contributed by atoms with Crippen LogP contribution < -0.4 is 4.90 Å². The number of nitrogens with zero attached hydrogens (tertiary/aromatic N) is 2. The van der Waals surface area contributed by atoms with Crippen molar-refractivity contribution in [2.45, 2.75) is 13.8 Å². The fraction of sp³-hybridized carbons (Fsp3) is 0.0385. The van der Waals surface area contributed by atoms with E-state index in [0.29, 0.717) is 22.5 Å². The summed E-state index contributed by atoms with van der Waals surface area (Å²) in [6.07, 6.45) is 0. The molecule has 0 atom stereocenters. The molecule has 9 aromatic rings. The summed E-state index contributed by atoms with van der Waals surface area (Å²) in [5.41, 5.74) is 14.4. The molecule has 1 aromatic heterocycles. The van der Waals surface area contributed by atoms with E-state index in [9.17, 15) is 4.79 Å². The number of hydrogen-bond donors (Lipinski definition) is 0. The van der Waals surface area contributed by atoms with Gasteiger partial charge in [0.15, 0.2) is 0 Å². The van der Waals surface area contributed by atoms with Crippen LogP contribution in [0.25, 0.3) is 72.0 Å². The number of anilines is 1. The molecule has 2 amide bonds. The molecular weight excluding hydrogens is 685 g/mol. The van der Waals surface area contributed by atoms with E-state index in [-0.39, 0.29) is 11.8 Å². The summed E-state index contributed by atoms with van der Waals surface area (Å²) in [7, 11) is 0. The maximum absolute atomic E-state index is 15.2. The summed E-state index contributed by atoms with van der Waals surface area (Å²) in [6, 6.07) is 61.6.